The second-order valence-corrected chi connectivity index (χ2v) is 11.3. The Bertz CT molecular complexity index is 2050. The predicted molar refractivity (Wildman–Crippen MR) is 185 cm³/mol. The largest absolute Gasteiger partial charge is 0.456 e. The Hall–Kier alpha value is -5.60. The van der Waals surface area contributed by atoms with Crippen LogP contribution in [0.3, 0.4) is 0 Å². The molecule has 1 aliphatic carbocycles. The first kappa shape index (κ1) is 26.1. The number of allylic oxidation sites excluding steroid dienone is 3. The third-order valence-corrected chi connectivity index (χ3v) is 8.56. The van der Waals surface area contributed by atoms with Crippen LogP contribution in [0.2, 0.25) is 0 Å². The van der Waals surface area contributed by atoms with Crippen LogP contribution in [0.5, 0.6) is 0 Å². The highest BCUT2D eigenvalue weighted by molar-refractivity contribution is 6.05. The van der Waals surface area contributed by atoms with E-state index in [9.17, 15) is 0 Å². The van der Waals surface area contributed by atoms with E-state index in [-0.39, 0.29) is 0 Å². The fourth-order valence-electron chi connectivity index (χ4n) is 6.31. The van der Waals surface area contributed by atoms with E-state index in [2.05, 4.69) is 157 Å². The Labute approximate surface area is 257 Å². The highest BCUT2D eigenvalue weighted by atomic mass is 16.3. The van der Waals surface area contributed by atoms with Crippen LogP contribution < -0.4 is 4.90 Å². The molecule has 0 radical (unpaired) electrons. The summed E-state index contributed by atoms with van der Waals surface area (Å²) in [7, 11) is 0. The molecule has 8 rings (SSSR count). The maximum Gasteiger partial charge on any atom is 0.135 e. The van der Waals surface area contributed by atoms with Gasteiger partial charge in [-0.2, -0.15) is 0 Å². The van der Waals surface area contributed by atoms with Crippen LogP contribution in [0, 0.1) is 0 Å². The SMILES string of the molecule is C1=C(c2ccc3oc4ccccc4c3c2)CCC=C1N(c1ccc(-c2ccccc2)cc1)c1ccc(-c2ccccc2)cc1. The average molecular weight is 566 g/mol. The van der Waals surface area contributed by atoms with Gasteiger partial charge in [0.05, 0.1) is 0 Å². The van der Waals surface area contributed by atoms with Gasteiger partial charge in [0, 0.05) is 27.8 Å². The van der Waals surface area contributed by atoms with E-state index in [1.807, 2.05) is 12.1 Å². The Kier molecular flexibility index (Phi) is 6.66. The molecule has 0 aliphatic heterocycles. The summed E-state index contributed by atoms with van der Waals surface area (Å²) in [5.41, 5.74) is 12.8. The Morgan fingerprint density at radius 3 is 1.61 bits per heavy atom. The number of hydrogen-bond donors (Lipinski definition) is 0. The van der Waals surface area contributed by atoms with E-state index in [1.165, 1.54) is 44.5 Å². The lowest BCUT2D eigenvalue weighted by Crippen LogP contribution is -2.17. The summed E-state index contributed by atoms with van der Waals surface area (Å²) >= 11 is 0. The van der Waals surface area contributed by atoms with Crippen molar-refractivity contribution in [2.75, 3.05) is 4.90 Å². The van der Waals surface area contributed by atoms with Crippen molar-refractivity contribution in [1.29, 1.82) is 0 Å². The maximum absolute atomic E-state index is 6.11. The van der Waals surface area contributed by atoms with Gasteiger partial charge in [-0.3, -0.25) is 0 Å². The maximum atomic E-state index is 6.11. The van der Waals surface area contributed by atoms with E-state index in [0.29, 0.717) is 0 Å². The smallest absolute Gasteiger partial charge is 0.135 e. The van der Waals surface area contributed by atoms with E-state index in [0.717, 1.165) is 40.8 Å². The molecular formula is C42H31NO. The lowest BCUT2D eigenvalue weighted by Gasteiger charge is -2.29. The van der Waals surface area contributed by atoms with Gasteiger partial charge in [-0.05, 0) is 94.8 Å². The summed E-state index contributed by atoms with van der Waals surface area (Å²) in [4.78, 5) is 2.38. The van der Waals surface area contributed by atoms with Gasteiger partial charge in [0.2, 0.25) is 0 Å². The molecule has 0 saturated carbocycles. The molecule has 0 amide bonds. The van der Waals surface area contributed by atoms with Crippen molar-refractivity contribution in [3.05, 3.63) is 175 Å². The van der Waals surface area contributed by atoms with Crippen LogP contribution in [0.15, 0.2) is 174 Å². The number of para-hydroxylation sites is 1. The lowest BCUT2D eigenvalue weighted by atomic mass is 9.94. The van der Waals surface area contributed by atoms with Gasteiger partial charge in [-0.25, -0.2) is 0 Å². The number of rotatable bonds is 6. The fourth-order valence-corrected chi connectivity index (χ4v) is 6.31. The zero-order valence-electron chi connectivity index (χ0n) is 24.4. The van der Waals surface area contributed by atoms with Crippen molar-refractivity contribution in [2.24, 2.45) is 0 Å². The van der Waals surface area contributed by atoms with Crippen molar-refractivity contribution < 1.29 is 4.42 Å². The van der Waals surface area contributed by atoms with Gasteiger partial charge in [0.1, 0.15) is 11.2 Å². The molecule has 0 spiro atoms. The molecule has 0 atom stereocenters. The third-order valence-electron chi connectivity index (χ3n) is 8.56. The van der Waals surface area contributed by atoms with Crippen molar-refractivity contribution in [2.45, 2.75) is 12.8 Å². The van der Waals surface area contributed by atoms with Gasteiger partial charge >= 0.3 is 0 Å². The van der Waals surface area contributed by atoms with E-state index in [1.54, 1.807) is 0 Å². The molecule has 0 bridgehead atoms. The Morgan fingerprint density at radius 2 is 0.977 bits per heavy atom. The van der Waals surface area contributed by atoms with E-state index >= 15 is 0 Å². The zero-order valence-corrected chi connectivity index (χ0v) is 24.4. The zero-order chi connectivity index (χ0) is 29.3. The molecule has 7 aromatic rings. The molecule has 2 heteroatoms. The topological polar surface area (TPSA) is 16.4 Å². The van der Waals surface area contributed by atoms with Gasteiger partial charge in [0.25, 0.3) is 0 Å². The minimum atomic E-state index is 0.931. The summed E-state index contributed by atoms with van der Waals surface area (Å²) in [6.45, 7) is 0. The summed E-state index contributed by atoms with van der Waals surface area (Å²) in [5.74, 6) is 0. The Morgan fingerprint density at radius 1 is 0.455 bits per heavy atom. The second kappa shape index (κ2) is 11.2. The van der Waals surface area contributed by atoms with E-state index in [4.69, 9.17) is 4.42 Å². The quantitative estimate of drug-likeness (QED) is 0.199. The van der Waals surface area contributed by atoms with Crippen LogP contribution in [0.4, 0.5) is 11.4 Å². The molecule has 2 nitrogen and oxygen atoms in total. The highest BCUT2D eigenvalue weighted by Crippen LogP contribution is 2.39. The lowest BCUT2D eigenvalue weighted by molar-refractivity contribution is 0.669. The first-order valence-electron chi connectivity index (χ1n) is 15.2. The minimum Gasteiger partial charge on any atom is -0.456 e. The van der Waals surface area contributed by atoms with E-state index < -0.39 is 0 Å². The van der Waals surface area contributed by atoms with Gasteiger partial charge in [0.15, 0.2) is 0 Å². The fraction of sp³-hybridized carbons (Fsp3) is 0.0476. The molecule has 1 aromatic heterocycles. The molecule has 1 heterocycles. The van der Waals surface area contributed by atoms with Gasteiger partial charge in [-0.1, -0.05) is 115 Å². The standard InChI is InChI=1S/C42H31NO/c1-3-10-30(11-4-1)32-18-23-36(24-19-32)43(37-25-20-33(21-26-37)31-12-5-2-6-13-31)38-15-9-14-34(28-38)35-22-27-42-40(29-35)39-16-7-8-17-41(39)44-42/h1-8,10-13,15-29H,9,14H2. The molecule has 0 unspecified atom stereocenters. The first-order chi connectivity index (χ1) is 21.8. The number of furan rings is 1. The predicted octanol–water partition coefficient (Wildman–Crippen LogP) is 11.8. The number of hydrogen-bond acceptors (Lipinski definition) is 2. The third kappa shape index (κ3) is 4.91. The first-order valence-corrected chi connectivity index (χ1v) is 15.2. The number of anilines is 2. The van der Waals surface area contributed by atoms with Crippen LogP contribution in [0.1, 0.15) is 18.4 Å². The monoisotopic (exact) mass is 565 g/mol. The Balaban J connectivity index is 1.20. The van der Waals surface area contributed by atoms with Gasteiger partial charge < -0.3 is 9.32 Å². The van der Waals surface area contributed by atoms with Crippen LogP contribution in [0.25, 0.3) is 49.8 Å². The molecule has 0 saturated heterocycles. The summed E-state index contributed by atoms with van der Waals surface area (Å²) in [5, 5.41) is 2.33. The molecule has 1 aliphatic rings. The van der Waals surface area contributed by atoms with Crippen LogP contribution in [-0.2, 0) is 0 Å². The van der Waals surface area contributed by atoms with Crippen LogP contribution in [-0.4, -0.2) is 0 Å². The summed E-state index contributed by atoms with van der Waals surface area (Å²) in [6.07, 6.45) is 6.71. The van der Waals surface area contributed by atoms with Crippen molar-refractivity contribution in [1.82, 2.24) is 0 Å². The number of nitrogens with zero attached hydrogens (tertiary/aromatic N) is 1. The molecular weight excluding hydrogens is 534 g/mol. The molecule has 0 N–H and O–H groups in total. The van der Waals surface area contributed by atoms with Crippen LogP contribution >= 0.6 is 0 Å². The summed E-state index contributed by atoms with van der Waals surface area (Å²) < 4.78 is 6.11. The molecule has 210 valence electrons. The average Bonchev–Trinajstić information content (AvgIpc) is 3.48. The van der Waals surface area contributed by atoms with Crippen molar-refractivity contribution >= 4 is 38.9 Å². The normalized spacial score (nSPS) is 13.1. The second-order valence-electron chi connectivity index (χ2n) is 11.3. The van der Waals surface area contributed by atoms with Crippen molar-refractivity contribution in [3.8, 4) is 22.3 Å². The van der Waals surface area contributed by atoms with Gasteiger partial charge in [-0.15, -0.1) is 0 Å². The molecule has 6 aromatic carbocycles. The number of fused-ring (bicyclic) bond motifs is 3. The van der Waals surface area contributed by atoms with Crippen molar-refractivity contribution in [3.63, 3.8) is 0 Å². The minimum absolute atomic E-state index is 0.931. The summed E-state index contributed by atoms with van der Waals surface area (Å²) in [6, 6.07) is 53.9. The number of benzene rings is 6. The highest BCUT2D eigenvalue weighted by Gasteiger charge is 2.19. The molecule has 44 heavy (non-hydrogen) atoms. The molecule has 0 fully saturated rings.